The van der Waals surface area contributed by atoms with Crippen LogP contribution in [0.25, 0.3) is 0 Å². The molecule has 0 unspecified atom stereocenters. The van der Waals surface area contributed by atoms with Gasteiger partial charge < -0.3 is 0 Å². The van der Waals surface area contributed by atoms with E-state index in [-0.39, 0.29) is 0 Å². The largest absolute Gasteiger partial charge is 0.0654 e. The second-order valence-electron chi connectivity index (χ2n) is 5.22. The number of hydrogen-bond donors (Lipinski definition) is 0. The van der Waals surface area contributed by atoms with Crippen LogP contribution < -0.4 is 0 Å². The van der Waals surface area contributed by atoms with Gasteiger partial charge in [0.05, 0.1) is 0 Å². The smallest absolute Gasteiger partial charge is 0.0295 e. The zero-order valence-electron chi connectivity index (χ0n) is 8.60. The molecule has 0 N–H and O–H groups in total. The Hall–Kier alpha value is 0. The van der Waals surface area contributed by atoms with Gasteiger partial charge in [0.25, 0.3) is 0 Å². The third-order valence-electron chi connectivity index (χ3n) is 4.31. The highest BCUT2D eigenvalue weighted by atomic mass is 14.5. The molecule has 0 nitrogen and oxygen atoms in total. The number of fused-ring (bicyclic) bond motifs is 2. The zero-order valence-corrected chi connectivity index (χ0v) is 8.60. The van der Waals surface area contributed by atoms with Gasteiger partial charge in [-0.1, -0.05) is 26.7 Å². The van der Waals surface area contributed by atoms with Gasteiger partial charge in [-0.25, -0.2) is 0 Å². The molecule has 12 heavy (non-hydrogen) atoms. The molecule has 0 aromatic heterocycles. The van der Waals surface area contributed by atoms with Crippen LogP contribution in [0.1, 0.15) is 58.8 Å². The molecule has 3 aliphatic carbocycles. The lowest BCUT2D eigenvalue weighted by Gasteiger charge is -2.52. The van der Waals surface area contributed by atoms with Crippen molar-refractivity contribution in [2.24, 2.45) is 17.3 Å². The monoisotopic (exact) mass is 166 g/mol. The summed E-state index contributed by atoms with van der Waals surface area (Å²) in [6.07, 6.45) is 10.6. The SMILES string of the molecule is CCCC1(CC)CC2CC(C2)C1. The van der Waals surface area contributed by atoms with Crippen molar-refractivity contribution >= 4 is 0 Å². The van der Waals surface area contributed by atoms with Crippen LogP contribution in [0.2, 0.25) is 0 Å². The molecule has 0 aromatic carbocycles. The Morgan fingerprint density at radius 1 is 1.08 bits per heavy atom. The fraction of sp³-hybridized carbons (Fsp3) is 1.00. The van der Waals surface area contributed by atoms with Crippen molar-refractivity contribution in [1.29, 1.82) is 0 Å². The van der Waals surface area contributed by atoms with Crippen molar-refractivity contribution in [2.45, 2.75) is 58.8 Å². The molecule has 70 valence electrons. The normalized spacial score (nSPS) is 45.5. The van der Waals surface area contributed by atoms with Crippen molar-refractivity contribution in [3.8, 4) is 0 Å². The topological polar surface area (TPSA) is 0 Å². The molecule has 0 atom stereocenters. The average Bonchev–Trinajstić information content (AvgIpc) is 2.04. The Labute approximate surface area is 76.7 Å². The summed E-state index contributed by atoms with van der Waals surface area (Å²) < 4.78 is 0. The summed E-state index contributed by atoms with van der Waals surface area (Å²) >= 11 is 0. The van der Waals surface area contributed by atoms with Crippen molar-refractivity contribution in [3.05, 3.63) is 0 Å². The zero-order chi connectivity index (χ0) is 8.60. The van der Waals surface area contributed by atoms with Crippen LogP contribution in [-0.4, -0.2) is 0 Å². The van der Waals surface area contributed by atoms with E-state index in [1.165, 1.54) is 19.3 Å². The maximum absolute atomic E-state index is 2.40. The summed E-state index contributed by atoms with van der Waals surface area (Å²) in [7, 11) is 0. The molecule has 3 fully saturated rings. The van der Waals surface area contributed by atoms with Crippen molar-refractivity contribution < 1.29 is 0 Å². The number of hydrogen-bond acceptors (Lipinski definition) is 0. The summed E-state index contributed by atoms with van der Waals surface area (Å²) in [6.45, 7) is 4.75. The highest BCUT2D eigenvalue weighted by molar-refractivity contribution is 4.96. The molecule has 2 bridgehead atoms. The molecule has 3 saturated carbocycles. The van der Waals surface area contributed by atoms with Crippen LogP contribution in [0.5, 0.6) is 0 Å². The minimum absolute atomic E-state index is 0.792. The maximum atomic E-state index is 2.40. The minimum atomic E-state index is 0.792. The molecule has 0 saturated heterocycles. The van der Waals surface area contributed by atoms with Gasteiger partial charge in [-0.05, 0) is 49.4 Å². The predicted molar refractivity (Wildman–Crippen MR) is 53.1 cm³/mol. The van der Waals surface area contributed by atoms with Crippen LogP contribution in [0.15, 0.2) is 0 Å². The summed E-state index contributed by atoms with van der Waals surface area (Å²) in [5.41, 5.74) is 0.792. The van der Waals surface area contributed by atoms with E-state index < -0.39 is 0 Å². The summed E-state index contributed by atoms with van der Waals surface area (Å²) in [4.78, 5) is 0. The first-order valence-corrected chi connectivity index (χ1v) is 5.78. The fourth-order valence-electron chi connectivity index (χ4n) is 3.72. The summed E-state index contributed by atoms with van der Waals surface area (Å²) in [5, 5.41) is 0. The van der Waals surface area contributed by atoms with Crippen molar-refractivity contribution in [1.82, 2.24) is 0 Å². The Bertz CT molecular complexity index is 143. The van der Waals surface area contributed by atoms with E-state index in [1.54, 1.807) is 25.7 Å². The Kier molecular flexibility index (Phi) is 2.18. The van der Waals surface area contributed by atoms with Crippen LogP contribution in [0, 0.1) is 17.3 Å². The van der Waals surface area contributed by atoms with Gasteiger partial charge in [-0.3, -0.25) is 0 Å². The van der Waals surface area contributed by atoms with E-state index in [2.05, 4.69) is 13.8 Å². The second-order valence-corrected chi connectivity index (χ2v) is 5.22. The van der Waals surface area contributed by atoms with E-state index >= 15 is 0 Å². The first kappa shape index (κ1) is 8.59. The van der Waals surface area contributed by atoms with Crippen LogP contribution in [0.4, 0.5) is 0 Å². The molecule has 3 rings (SSSR count). The first-order valence-electron chi connectivity index (χ1n) is 5.78. The molecule has 0 heterocycles. The third-order valence-corrected chi connectivity index (χ3v) is 4.31. The van der Waals surface area contributed by atoms with Gasteiger partial charge in [-0.15, -0.1) is 0 Å². The van der Waals surface area contributed by atoms with E-state index in [1.807, 2.05) is 0 Å². The van der Waals surface area contributed by atoms with Crippen LogP contribution in [-0.2, 0) is 0 Å². The van der Waals surface area contributed by atoms with Gasteiger partial charge in [0.15, 0.2) is 0 Å². The highest BCUT2D eigenvalue weighted by Gasteiger charge is 2.45. The average molecular weight is 166 g/mol. The molecule has 0 aliphatic heterocycles. The molecule has 0 heteroatoms. The molecule has 0 radical (unpaired) electrons. The van der Waals surface area contributed by atoms with Crippen molar-refractivity contribution in [3.63, 3.8) is 0 Å². The van der Waals surface area contributed by atoms with Crippen molar-refractivity contribution in [2.75, 3.05) is 0 Å². The minimum Gasteiger partial charge on any atom is -0.0654 e. The molecule has 3 aliphatic rings. The van der Waals surface area contributed by atoms with Crippen LogP contribution in [0.3, 0.4) is 0 Å². The number of rotatable bonds is 3. The standard InChI is InChI=1S/C12H22/c1-3-5-12(4-2)8-10-6-11(7-10)9-12/h10-11H,3-9H2,1-2H3. The quantitative estimate of drug-likeness (QED) is 0.594. The Balaban J connectivity index is 1.98. The second kappa shape index (κ2) is 3.05. The Morgan fingerprint density at radius 3 is 2.08 bits per heavy atom. The first-order chi connectivity index (χ1) is 5.78. The lowest BCUT2D eigenvalue weighted by atomic mass is 9.53. The summed E-state index contributed by atoms with van der Waals surface area (Å²) in [6, 6.07) is 0. The van der Waals surface area contributed by atoms with E-state index in [4.69, 9.17) is 0 Å². The predicted octanol–water partition coefficient (Wildman–Crippen LogP) is 4.00. The van der Waals surface area contributed by atoms with Gasteiger partial charge in [0, 0.05) is 0 Å². The molecule has 0 aromatic rings. The van der Waals surface area contributed by atoms with Gasteiger partial charge >= 0.3 is 0 Å². The van der Waals surface area contributed by atoms with Gasteiger partial charge in [0.1, 0.15) is 0 Å². The van der Waals surface area contributed by atoms with Crippen LogP contribution >= 0.6 is 0 Å². The maximum Gasteiger partial charge on any atom is -0.0295 e. The fourth-order valence-corrected chi connectivity index (χ4v) is 3.72. The lowest BCUT2D eigenvalue weighted by molar-refractivity contribution is -0.0112. The lowest BCUT2D eigenvalue weighted by Crippen LogP contribution is -2.41. The van der Waals surface area contributed by atoms with E-state index in [9.17, 15) is 0 Å². The summed E-state index contributed by atoms with van der Waals surface area (Å²) in [5.74, 6) is 2.27. The van der Waals surface area contributed by atoms with E-state index in [0.717, 1.165) is 17.3 Å². The molecular formula is C12H22. The third kappa shape index (κ3) is 1.30. The van der Waals surface area contributed by atoms with Gasteiger partial charge in [-0.2, -0.15) is 0 Å². The highest BCUT2D eigenvalue weighted by Crippen LogP contribution is 2.56. The Morgan fingerprint density at radius 2 is 1.67 bits per heavy atom. The molecular weight excluding hydrogens is 144 g/mol. The van der Waals surface area contributed by atoms with Gasteiger partial charge in [0.2, 0.25) is 0 Å². The molecule has 0 spiro atoms. The molecule has 0 amide bonds. The van der Waals surface area contributed by atoms with E-state index in [0.29, 0.717) is 0 Å².